The van der Waals surface area contributed by atoms with E-state index in [1.807, 2.05) is 0 Å². The van der Waals surface area contributed by atoms with E-state index in [0.29, 0.717) is 22.8 Å². The fraction of sp³-hybridized carbons (Fsp3) is 0.444. The number of benzene rings is 1. The van der Waals surface area contributed by atoms with Gasteiger partial charge in [-0.25, -0.2) is 9.36 Å². The zero-order valence-corrected chi connectivity index (χ0v) is 15.6. The normalized spacial score (nSPS) is 15.0. The molecule has 10 heteroatoms. The van der Waals surface area contributed by atoms with E-state index >= 15 is 0 Å². The van der Waals surface area contributed by atoms with E-state index in [2.05, 4.69) is 31.0 Å². The molecule has 3 heterocycles. The Bertz CT molecular complexity index is 1050. The molecule has 146 valence electrons. The van der Waals surface area contributed by atoms with Crippen LogP contribution in [0.1, 0.15) is 31.0 Å². The summed E-state index contributed by atoms with van der Waals surface area (Å²) in [6.45, 7) is 2.04. The van der Waals surface area contributed by atoms with Crippen molar-refractivity contribution in [2.24, 2.45) is 7.05 Å². The molecule has 2 aromatic heterocycles. The number of anilines is 1. The van der Waals surface area contributed by atoms with E-state index in [4.69, 9.17) is 0 Å². The summed E-state index contributed by atoms with van der Waals surface area (Å²) in [5.41, 5.74) is 0.281. The van der Waals surface area contributed by atoms with Crippen molar-refractivity contribution in [3.63, 3.8) is 0 Å². The van der Waals surface area contributed by atoms with Crippen molar-refractivity contribution < 1.29 is 4.79 Å². The van der Waals surface area contributed by atoms with Gasteiger partial charge in [0.05, 0.1) is 11.9 Å². The molecule has 1 saturated heterocycles. The third kappa shape index (κ3) is 3.77. The van der Waals surface area contributed by atoms with Crippen LogP contribution in [0.25, 0.3) is 10.9 Å². The Balaban J connectivity index is 1.40. The molecule has 1 amide bonds. The minimum absolute atomic E-state index is 0.0858. The third-order valence-electron chi connectivity index (χ3n) is 4.91. The van der Waals surface area contributed by atoms with Gasteiger partial charge in [0.1, 0.15) is 5.52 Å². The Hall–Kier alpha value is -3.14. The van der Waals surface area contributed by atoms with Crippen LogP contribution in [-0.2, 0) is 18.4 Å². The first-order chi connectivity index (χ1) is 13.6. The third-order valence-corrected chi connectivity index (χ3v) is 4.91. The van der Waals surface area contributed by atoms with Gasteiger partial charge in [-0.05, 0) is 38.1 Å². The number of hydrogen-bond donors (Lipinski definition) is 2. The van der Waals surface area contributed by atoms with E-state index in [9.17, 15) is 9.59 Å². The zero-order chi connectivity index (χ0) is 19.5. The van der Waals surface area contributed by atoms with Crippen LogP contribution < -0.4 is 16.2 Å². The fourth-order valence-electron chi connectivity index (χ4n) is 3.33. The Morgan fingerprint density at radius 1 is 1.29 bits per heavy atom. The highest BCUT2D eigenvalue weighted by atomic mass is 16.2. The van der Waals surface area contributed by atoms with Gasteiger partial charge in [-0.15, -0.1) is 5.10 Å². The molecule has 3 aromatic rings. The average Bonchev–Trinajstić information content (AvgIpc) is 3.09. The van der Waals surface area contributed by atoms with Crippen molar-refractivity contribution in [2.75, 3.05) is 18.4 Å². The van der Waals surface area contributed by atoms with Crippen LogP contribution in [0.15, 0.2) is 29.1 Å². The summed E-state index contributed by atoms with van der Waals surface area (Å²) in [6.07, 6.45) is 2.06. The van der Waals surface area contributed by atoms with Crippen LogP contribution in [0.5, 0.6) is 0 Å². The molecule has 28 heavy (non-hydrogen) atoms. The van der Waals surface area contributed by atoms with E-state index in [1.165, 1.54) is 4.68 Å². The number of rotatable bonds is 5. The average molecular weight is 382 g/mol. The molecule has 1 aromatic carbocycles. The Kier molecular flexibility index (Phi) is 5.11. The molecule has 0 saturated carbocycles. The molecule has 0 atom stereocenters. The van der Waals surface area contributed by atoms with Crippen molar-refractivity contribution in [1.82, 2.24) is 35.1 Å². The lowest BCUT2D eigenvalue weighted by molar-refractivity contribution is -0.116. The van der Waals surface area contributed by atoms with E-state index in [1.54, 1.807) is 36.0 Å². The number of carbonyl (C=O) groups excluding carboxylic acids is 1. The predicted octanol–water partition coefficient (Wildman–Crippen LogP) is 0.416. The quantitative estimate of drug-likeness (QED) is 0.656. The summed E-state index contributed by atoms with van der Waals surface area (Å²) >= 11 is 0. The van der Waals surface area contributed by atoms with Crippen molar-refractivity contribution in [3.8, 4) is 0 Å². The van der Waals surface area contributed by atoms with Crippen LogP contribution in [0.3, 0.4) is 0 Å². The number of nitrogens with one attached hydrogen (secondary N) is 2. The van der Waals surface area contributed by atoms with Crippen LogP contribution in [-0.4, -0.2) is 48.8 Å². The van der Waals surface area contributed by atoms with Crippen LogP contribution >= 0.6 is 0 Å². The van der Waals surface area contributed by atoms with Gasteiger partial charge in [0, 0.05) is 19.4 Å². The lowest BCUT2D eigenvalue weighted by Gasteiger charge is -2.19. The molecule has 1 aliphatic heterocycles. The lowest BCUT2D eigenvalue weighted by Crippen LogP contribution is -2.27. The first-order valence-corrected chi connectivity index (χ1v) is 9.36. The Labute approximate surface area is 161 Å². The summed E-state index contributed by atoms with van der Waals surface area (Å²) in [7, 11) is 1.76. The number of aromatic nitrogens is 6. The molecular formula is C18H22N8O2. The highest BCUT2D eigenvalue weighted by Gasteiger charge is 2.21. The number of hydrogen-bond acceptors (Lipinski definition) is 7. The second-order valence-corrected chi connectivity index (χ2v) is 6.87. The molecular weight excluding hydrogens is 360 g/mol. The molecule has 1 aliphatic rings. The molecule has 0 unspecified atom stereocenters. The number of piperidine rings is 1. The van der Waals surface area contributed by atoms with Crippen LogP contribution in [0.2, 0.25) is 0 Å². The van der Waals surface area contributed by atoms with Gasteiger partial charge in [0.25, 0.3) is 5.56 Å². The second kappa shape index (κ2) is 7.85. The topological polar surface area (TPSA) is 120 Å². The molecule has 2 N–H and O–H groups in total. The van der Waals surface area contributed by atoms with Crippen molar-refractivity contribution in [2.45, 2.75) is 31.7 Å². The first-order valence-electron chi connectivity index (χ1n) is 9.36. The van der Waals surface area contributed by atoms with Gasteiger partial charge in [0.15, 0.2) is 5.82 Å². The Morgan fingerprint density at radius 2 is 2.07 bits per heavy atom. The molecule has 4 rings (SSSR count). The first kappa shape index (κ1) is 18.2. The SMILES string of the molecule is Cn1nc(C2CCNCC2)nc1NC(=O)CCn1nnc2ccccc2c1=O. The van der Waals surface area contributed by atoms with Gasteiger partial charge in [0.2, 0.25) is 11.9 Å². The summed E-state index contributed by atoms with van der Waals surface area (Å²) in [6, 6.07) is 7.00. The fourth-order valence-corrected chi connectivity index (χ4v) is 3.33. The maximum absolute atomic E-state index is 12.4. The zero-order valence-electron chi connectivity index (χ0n) is 15.6. The largest absolute Gasteiger partial charge is 0.317 e. The highest BCUT2D eigenvalue weighted by Crippen LogP contribution is 2.23. The highest BCUT2D eigenvalue weighted by molar-refractivity contribution is 5.88. The van der Waals surface area contributed by atoms with E-state index in [-0.39, 0.29) is 24.4 Å². The molecule has 0 bridgehead atoms. The van der Waals surface area contributed by atoms with Gasteiger partial charge >= 0.3 is 0 Å². The maximum atomic E-state index is 12.4. The molecule has 0 radical (unpaired) electrons. The number of amides is 1. The molecule has 0 spiro atoms. The van der Waals surface area contributed by atoms with Crippen LogP contribution in [0.4, 0.5) is 5.95 Å². The van der Waals surface area contributed by atoms with E-state index in [0.717, 1.165) is 31.8 Å². The molecule has 10 nitrogen and oxygen atoms in total. The predicted molar refractivity (Wildman–Crippen MR) is 103 cm³/mol. The summed E-state index contributed by atoms with van der Waals surface area (Å²) < 4.78 is 2.79. The second-order valence-electron chi connectivity index (χ2n) is 6.87. The smallest absolute Gasteiger partial charge is 0.277 e. The van der Waals surface area contributed by atoms with Crippen LogP contribution in [0, 0.1) is 0 Å². The minimum Gasteiger partial charge on any atom is -0.317 e. The summed E-state index contributed by atoms with van der Waals surface area (Å²) in [4.78, 5) is 29.2. The lowest BCUT2D eigenvalue weighted by atomic mass is 9.98. The minimum atomic E-state index is -0.259. The Morgan fingerprint density at radius 3 is 2.89 bits per heavy atom. The van der Waals surface area contributed by atoms with Crippen molar-refractivity contribution >= 4 is 22.8 Å². The number of carbonyl (C=O) groups is 1. The summed E-state index contributed by atoms with van der Waals surface area (Å²) in [5.74, 6) is 1.23. The monoisotopic (exact) mass is 382 g/mol. The van der Waals surface area contributed by atoms with E-state index < -0.39 is 0 Å². The maximum Gasteiger partial charge on any atom is 0.277 e. The van der Waals surface area contributed by atoms with Gasteiger partial charge < -0.3 is 5.32 Å². The van der Waals surface area contributed by atoms with Gasteiger partial charge in [-0.3, -0.25) is 14.9 Å². The standard InChI is InChI=1S/C18H22N8O2/c1-25-18(21-16(23-25)12-6-9-19-10-7-12)20-15(27)8-11-26-17(28)13-4-2-3-5-14(13)22-24-26/h2-5,12,19H,6-11H2,1H3,(H,20,21,23,27). The summed E-state index contributed by atoms with van der Waals surface area (Å²) in [5, 5.41) is 18.9. The van der Waals surface area contributed by atoms with Gasteiger partial charge in [-0.2, -0.15) is 10.1 Å². The van der Waals surface area contributed by atoms with Gasteiger partial charge in [-0.1, -0.05) is 17.3 Å². The van der Waals surface area contributed by atoms with Crippen molar-refractivity contribution in [1.29, 1.82) is 0 Å². The van der Waals surface area contributed by atoms with Crippen molar-refractivity contribution in [3.05, 3.63) is 40.4 Å². The molecule has 1 fully saturated rings. The molecule has 0 aliphatic carbocycles. The number of aryl methyl sites for hydroxylation is 2. The number of fused-ring (bicyclic) bond motifs is 1. The number of nitrogens with zero attached hydrogens (tertiary/aromatic N) is 6.